The SMILES string of the molecule is O=C(NCc1ccc(Cl)cc1)[C@@H]1C[C@@H](O)CN1C(=O)Cc1cccnc1. The Morgan fingerprint density at radius 3 is 2.69 bits per heavy atom. The number of likely N-dealkylation sites (tertiary alicyclic amines) is 1. The molecule has 1 aliphatic rings. The number of aliphatic hydroxyl groups is 1. The molecular weight excluding hydrogens is 354 g/mol. The van der Waals surface area contributed by atoms with Gasteiger partial charge in [0.15, 0.2) is 0 Å². The number of rotatable bonds is 5. The third-order valence-corrected chi connectivity index (χ3v) is 4.61. The molecule has 0 aliphatic carbocycles. The molecule has 2 aromatic rings. The Kier molecular flexibility index (Phi) is 5.85. The van der Waals surface area contributed by atoms with Crippen molar-refractivity contribution in [3.05, 3.63) is 64.9 Å². The molecule has 2 atom stereocenters. The Balaban J connectivity index is 1.61. The van der Waals surface area contributed by atoms with E-state index in [0.717, 1.165) is 11.1 Å². The molecule has 136 valence electrons. The number of amides is 2. The number of nitrogens with zero attached hydrogens (tertiary/aromatic N) is 2. The van der Waals surface area contributed by atoms with E-state index in [1.54, 1.807) is 30.6 Å². The highest BCUT2D eigenvalue weighted by atomic mass is 35.5. The van der Waals surface area contributed by atoms with E-state index in [1.165, 1.54) is 4.90 Å². The molecule has 26 heavy (non-hydrogen) atoms. The maximum atomic E-state index is 12.6. The van der Waals surface area contributed by atoms with Gasteiger partial charge in [-0.3, -0.25) is 14.6 Å². The van der Waals surface area contributed by atoms with Gasteiger partial charge in [-0.1, -0.05) is 29.8 Å². The molecule has 2 N–H and O–H groups in total. The van der Waals surface area contributed by atoms with Gasteiger partial charge in [0.1, 0.15) is 6.04 Å². The van der Waals surface area contributed by atoms with Crippen LogP contribution >= 0.6 is 11.6 Å². The van der Waals surface area contributed by atoms with Crippen LogP contribution in [0, 0.1) is 0 Å². The highest BCUT2D eigenvalue weighted by Crippen LogP contribution is 2.20. The third kappa shape index (κ3) is 4.59. The number of halogens is 1. The lowest BCUT2D eigenvalue weighted by atomic mass is 10.1. The highest BCUT2D eigenvalue weighted by Gasteiger charge is 2.38. The fraction of sp³-hybridized carbons (Fsp3) is 0.316. The molecular formula is C19H20ClN3O3. The zero-order chi connectivity index (χ0) is 18.5. The second-order valence-electron chi connectivity index (χ2n) is 6.33. The van der Waals surface area contributed by atoms with Gasteiger partial charge < -0.3 is 15.3 Å². The lowest BCUT2D eigenvalue weighted by Gasteiger charge is -2.23. The lowest BCUT2D eigenvalue weighted by molar-refractivity contribution is -0.138. The zero-order valence-electron chi connectivity index (χ0n) is 14.1. The van der Waals surface area contributed by atoms with Crippen molar-refractivity contribution in [2.45, 2.75) is 31.5 Å². The van der Waals surface area contributed by atoms with E-state index < -0.39 is 12.1 Å². The van der Waals surface area contributed by atoms with E-state index in [2.05, 4.69) is 10.3 Å². The van der Waals surface area contributed by atoms with Crippen LogP contribution < -0.4 is 5.32 Å². The van der Waals surface area contributed by atoms with Crippen LogP contribution in [0.4, 0.5) is 0 Å². The quantitative estimate of drug-likeness (QED) is 0.833. The molecule has 0 saturated carbocycles. The van der Waals surface area contributed by atoms with Crippen molar-refractivity contribution in [3.63, 3.8) is 0 Å². The molecule has 0 bridgehead atoms. The summed E-state index contributed by atoms with van der Waals surface area (Å²) in [5, 5.41) is 13.4. The number of pyridine rings is 1. The Morgan fingerprint density at radius 2 is 2.00 bits per heavy atom. The van der Waals surface area contributed by atoms with Crippen LogP contribution in [0.3, 0.4) is 0 Å². The van der Waals surface area contributed by atoms with Gasteiger partial charge in [0, 0.05) is 36.9 Å². The van der Waals surface area contributed by atoms with Gasteiger partial charge in [-0.15, -0.1) is 0 Å². The fourth-order valence-corrected chi connectivity index (χ4v) is 3.15. The number of benzene rings is 1. The number of aliphatic hydroxyl groups excluding tert-OH is 1. The van der Waals surface area contributed by atoms with Crippen LogP contribution in [0.15, 0.2) is 48.8 Å². The Bertz CT molecular complexity index is 767. The minimum Gasteiger partial charge on any atom is -0.391 e. The van der Waals surface area contributed by atoms with Gasteiger partial charge in [-0.25, -0.2) is 0 Å². The summed E-state index contributed by atoms with van der Waals surface area (Å²) in [7, 11) is 0. The summed E-state index contributed by atoms with van der Waals surface area (Å²) < 4.78 is 0. The Hall–Kier alpha value is -2.44. The van der Waals surface area contributed by atoms with Crippen LogP contribution in [0.5, 0.6) is 0 Å². The van der Waals surface area contributed by atoms with Gasteiger partial charge in [0.2, 0.25) is 11.8 Å². The maximum Gasteiger partial charge on any atom is 0.243 e. The number of carbonyl (C=O) groups is 2. The van der Waals surface area contributed by atoms with Gasteiger partial charge in [-0.05, 0) is 29.3 Å². The predicted octanol–water partition coefficient (Wildman–Crippen LogP) is 1.56. The minimum atomic E-state index is -0.695. The van der Waals surface area contributed by atoms with Gasteiger partial charge in [0.25, 0.3) is 0 Å². The van der Waals surface area contributed by atoms with E-state index >= 15 is 0 Å². The maximum absolute atomic E-state index is 12.6. The largest absolute Gasteiger partial charge is 0.391 e. The smallest absolute Gasteiger partial charge is 0.243 e. The summed E-state index contributed by atoms with van der Waals surface area (Å²) in [6.07, 6.45) is 2.96. The molecule has 1 aromatic heterocycles. The number of hydrogen-bond donors (Lipinski definition) is 2. The van der Waals surface area contributed by atoms with E-state index in [9.17, 15) is 14.7 Å². The molecule has 0 spiro atoms. The summed E-state index contributed by atoms with van der Waals surface area (Å²) in [6, 6.07) is 10.1. The first-order valence-corrected chi connectivity index (χ1v) is 8.79. The molecule has 0 unspecified atom stereocenters. The second kappa shape index (κ2) is 8.29. The van der Waals surface area contributed by atoms with Crippen molar-refractivity contribution in [2.75, 3.05) is 6.54 Å². The average molecular weight is 374 g/mol. The fourth-order valence-electron chi connectivity index (χ4n) is 3.03. The van der Waals surface area contributed by atoms with Crippen LogP contribution in [-0.2, 0) is 22.6 Å². The average Bonchev–Trinajstić information content (AvgIpc) is 3.04. The normalized spacial score (nSPS) is 19.4. The second-order valence-corrected chi connectivity index (χ2v) is 6.77. The summed E-state index contributed by atoms with van der Waals surface area (Å²) in [5.41, 5.74) is 1.69. The molecule has 2 amide bonds. The molecule has 7 heteroatoms. The number of hydrogen-bond acceptors (Lipinski definition) is 4. The van der Waals surface area contributed by atoms with Crippen LogP contribution in [0.25, 0.3) is 0 Å². The molecule has 1 fully saturated rings. The van der Waals surface area contributed by atoms with Crippen molar-refractivity contribution in [1.29, 1.82) is 0 Å². The number of nitrogens with one attached hydrogen (secondary N) is 1. The monoisotopic (exact) mass is 373 g/mol. The van der Waals surface area contributed by atoms with Crippen LogP contribution in [-0.4, -0.2) is 45.5 Å². The third-order valence-electron chi connectivity index (χ3n) is 4.36. The molecule has 0 radical (unpaired) electrons. The van der Waals surface area contributed by atoms with E-state index in [-0.39, 0.29) is 31.2 Å². The van der Waals surface area contributed by atoms with Gasteiger partial charge in [-0.2, -0.15) is 0 Å². The minimum absolute atomic E-state index is 0.154. The molecule has 3 rings (SSSR count). The summed E-state index contributed by atoms with van der Waals surface area (Å²) in [4.78, 5) is 30.6. The molecule has 1 saturated heterocycles. The van der Waals surface area contributed by atoms with E-state index in [4.69, 9.17) is 11.6 Å². The van der Waals surface area contributed by atoms with Gasteiger partial charge >= 0.3 is 0 Å². The van der Waals surface area contributed by atoms with E-state index in [0.29, 0.717) is 11.6 Å². The summed E-state index contributed by atoms with van der Waals surface area (Å²) in [5.74, 6) is -0.461. The van der Waals surface area contributed by atoms with Crippen molar-refractivity contribution < 1.29 is 14.7 Å². The molecule has 1 aliphatic heterocycles. The summed E-state index contributed by atoms with van der Waals surface area (Å²) in [6.45, 7) is 0.505. The Labute approximate surface area is 156 Å². The van der Waals surface area contributed by atoms with Crippen LogP contribution in [0.1, 0.15) is 17.5 Å². The Morgan fingerprint density at radius 1 is 1.23 bits per heavy atom. The highest BCUT2D eigenvalue weighted by molar-refractivity contribution is 6.30. The van der Waals surface area contributed by atoms with Gasteiger partial charge in [0.05, 0.1) is 12.5 Å². The van der Waals surface area contributed by atoms with E-state index in [1.807, 2.05) is 18.2 Å². The lowest BCUT2D eigenvalue weighted by Crippen LogP contribution is -2.46. The topological polar surface area (TPSA) is 82.5 Å². The standard InChI is InChI=1S/C19H20ClN3O3/c20-15-5-3-13(4-6-15)11-22-19(26)17-9-16(24)12-23(17)18(25)8-14-2-1-7-21-10-14/h1-7,10,16-17,24H,8-9,11-12H2,(H,22,26)/t16-,17+/m1/s1. The van der Waals surface area contributed by atoms with Crippen molar-refractivity contribution >= 4 is 23.4 Å². The first kappa shape index (κ1) is 18.4. The molecule has 2 heterocycles. The molecule has 6 nitrogen and oxygen atoms in total. The predicted molar refractivity (Wildman–Crippen MR) is 97.4 cm³/mol. The first-order chi connectivity index (χ1) is 12.5. The first-order valence-electron chi connectivity index (χ1n) is 8.41. The van der Waals surface area contributed by atoms with Crippen molar-refractivity contribution in [3.8, 4) is 0 Å². The summed E-state index contributed by atoms with van der Waals surface area (Å²) >= 11 is 5.85. The number of carbonyl (C=O) groups excluding carboxylic acids is 2. The van der Waals surface area contributed by atoms with Crippen molar-refractivity contribution in [1.82, 2.24) is 15.2 Å². The number of aromatic nitrogens is 1. The molecule has 1 aromatic carbocycles. The number of β-amino-alcohol motifs (C(OH)–C–C–N with tert-alkyl or cyclic N) is 1. The zero-order valence-corrected chi connectivity index (χ0v) is 14.9. The van der Waals surface area contributed by atoms with Crippen molar-refractivity contribution in [2.24, 2.45) is 0 Å². The van der Waals surface area contributed by atoms with Crippen LogP contribution in [0.2, 0.25) is 5.02 Å².